The Morgan fingerprint density at radius 3 is 2.54 bits per heavy atom. The molecule has 4 aliphatic carbocycles. The Morgan fingerprint density at radius 2 is 1.89 bits per heavy atom. The van der Waals surface area contributed by atoms with Crippen molar-refractivity contribution in [1.29, 1.82) is 0 Å². The zero-order chi connectivity index (χ0) is 19.3. The van der Waals surface area contributed by atoms with E-state index in [-0.39, 0.29) is 17.1 Å². The monoisotopic (exact) mass is 401 g/mol. The number of hydrogen-bond donors (Lipinski definition) is 1. The minimum Gasteiger partial charge on any atom is -0.323 e. The van der Waals surface area contributed by atoms with Crippen molar-refractivity contribution in [2.24, 2.45) is 23.2 Å². The first-order chi connectivity index (χ1) is 13.5. The lowest BCUT2D eigenvalue weighted by Crippen LogP contribution is -2.47. The van der Waals surface area contributed by atoms with Gasteiger partial charge < -0.3 is 5.32 Å². The summed E-state index contributed by atoms with van der Waals surface area (Å²) in [5.41, 5.74) is 1.72. The molecule has 0 unspecified atom stereocenters. The summed E-state index contributed by atoms with van der Waals surface area (Å²) >= 11 is 6.09. The highest BCUT2D eigenvalue weighted by atomic mass is 35.5. The van der Waals surface area contributed by atoms with E-state index >= 15 is 0 Å². The fraction of sp³-hybridized carbons (Fsp3) is 0.545. The largest absolute Gasteiger partial charge is 0.323 e. The maximum absolute atomic E-state index is 13.2. The average Bonchev–Trinajstić information content (AvgIpc) is 3.02. The summed E-state index contributed by atoms with van der Waals surface area (Å²) in [4.78, 5) is 12.7. The Balaban J connectivity index is 1.22. The molecule has 4 bridgehead atoms. The number of carbonyl (C=O) groups is 1. The fourth-order valence-electron chi connectivity index (χ4n) is 6.39. The highest BCUT2D eigenvalue weighted by molar-refractivity contribution is 6.31. The van der Waals surface area contributed by atoms with Crippen LogP contribution in [0.3, 0.4) is 0 Å². The Morgan fingerprint density at radius 1 is 1.21 bits per heavy atom. The van der Waals surface area contributed by atoms with E-state index in [2.05, 4.69) is 10.4 Å². The van der Waals surface area contributed by atoms with E-state index in [1.165, 1.54) is 50.7 Å². The summed E-state index contributed by atoms with van der Waals surface area (Å²) in [6.07, 6.45) is 12.0. The number of nitrogens with one attached hydrogen (secondary N) is 1. The second-order valence-electron chi connectivity index (χ2n) is 9.30. The van der Waals surface area contributed by atoms with Gasteiger partial charge in [0.2, 0.25) is 5.91 Å². The van der Waals surface area contributed by atoms with Gasteiger partial charge in [0.05, 0.1) is 18.4 Å². The fourth-order valence-corrected chi connectivity index (χ4v) is 6.62. The van der Waals surface area contributed by atoms with Crippen LogP contribution >= 0.6 is 11.6 Å². The molecule has 1 amide bonds. The number of nitrogens with zero attached hydrogens (tertiary/aromatic N) is 2. The van der Waals surface area contributed by atoms with Crippen molar-refractivity contribution >= 4 is 23.2 Å². The van der Waals surface area contributed by atoms with E-state index in [0.29, 0.717) is 23.7 Å². The molecule has 1 heterocycles. The lowest BCUT2D eigenvalue weighted by Gasteiger charge is -2.56. The first kappa shape index (κ1) is 18.2. The maximum Gasteiger partial charge on any atom is 0.225 e. The number of rotatable bonds is 5. The van der Waals surface area contributed by atoms with E-state index in [4.69, 9.17) is 11.6 Å². The van der Waals surface area contributed by atoms with E-state index in [1.807, 2.05) is 0 Å². The second-order valence-corrected chi connectivity index (χ2v) is 9.71. The Hall–Kier alpha value is -1.88. The topological polar surface area (TPSA) is 46.9 Å². The lowest BCUT2D eigenvalue weighted by molar-refractivity contribution is -0.124. The zero-order valence-electron chi connectivity index (χ0n) is 15.8. The van der Waals surface area contributed by atoms with Crippen LogP contribution in [0.25, 0.3) is 0 Å². The molecule has 4 aliphatic rings. The van der Waals surface area contributed by atoms with Crippen LogP contribution in [0.4, 0.5) is 10.1 Å². The van der Waals surface area contributed by atoms with Gasteiger partial charge in [-0.2, -0.15) is 5.10 Å². The van der Waals surface area contributed by atoms with Gasteiger partial charge in [0, 0.05) is 17.6 Å². The molecule has 6 heteroatoms. The van der Waals surface area contributed by atoms with Crippen LogP contribution in [0.5, 0.6) is 0 Å². The van der Waals surface area contributed by atoms with Gasteiger partial charge in [0.25, 0.3) is 0 Å². The summed E-state index contributed by atoms with van der Waals surface area (Å²) in [6, 6.07) is 4.35. The Labute approximate surface area is 169 Å². The van der Waals surface area contributed by atoms with Crippen LogP contribution < -0.4 is 5.32 Å². The second kappa shape index (κ2) is 6.87. The van der Waals surface area contributed by atoms with Gasteiger partial charge in [0.1, 0.15) is 5.82 Å². The van der Waals surface area contributed by atoms with Crippen molar-refractivity contribution in [3.63, 3.8) is 0 Å². The summed E-state index contributed by atoms with van der Waals surface area (Å²) in [5, 5.41) is 7.71. The van der Waals surface area contributed by atoms with Gasteiger partial charge in [-0.05, 0) is 79.4 Å². The number of hydrogen-bond acceptors (Lipinski definition) is 2. The Bertz CT molecular complexity index is 874. The molecule has 0 radical (unpaired) electrons. The number of anilines is 1. The number of aromatic nitrogens is 2. The van der Waals surface area contributed by atoms with Crippen LogP contribution in [0.2, 0.25) is 5.02 Å². The zero-order valence-corrected chi connectivity index (χ0v) is 16.6. The highest BCUT2D eigenvalue weighted by Crippen LogP contribution is 2.61. The smallest absolute Gasteiger partial charge is 0.225 e. The molecule has 2 aromatic rings. The van der Waals surface area contributed by atoms with Crippen LogP contribution in [0.1, 0.15) is 50.5 Å². The molecule has 1 aromatic carbocycles. The molecule has 0 spiro atoms. The summed E-state index contributed by atoms with van der Waals surface area (Å²) in [5.74, 6) is 2.29. The van der Waals surface area contributed by atoms with Gasteiger partial charge in [0.15, 0.2) is 0 Å². The molecule has 4 fully saturated rings. The minimum atomic E-state index is -0.355. The SMILES string of the molecule is O=C(CC12CC3CC(CC(C3)C1)C2)Nc1cnn(Cc2ccc(F)cc2Cl)c1. The average molecular weight is 402 g/mol. The number of halogens is 2. The van der Waals surface area contributed by atoms with Crippen molar-refractivity contribution in [2.45, 2.75) is 51.5 Å². The molecule has 0 atom stereocenters. The third-order valence-electron chi connectivity index (χ3n) is 6.97. The maximum atomic E-state index is 13.2. The van der Waals surface area contributed by atoms with E-state index in [1.54, 1.807) is 23.1 Å². The van der Waals surface area contributed by atoms with Gasteiger partial charge in [-0.15, -0.1) is 0 Å². The molecule has 1 N–H and O–H groups in total. The van der Waals surface area contributed by atoms with Gasteiger partial charge >= 0.3 is 0 Å². The molecule has 0 saturated heterocycles. The van der Waals surface area contributed by atoms with Crippen molar-refractivity contribution in [3.8, 4) is 0 Å². The molecule has 6 rings (SSSR count). The normalized spacial score (nSPS) is 30.6. The van der Waals surface area contributed by atoms with Gasteiger partial charge in [-0.1, -0.05) is 17.7 Å². The van der Waals surface area contributed by atoms with E-state index in [9.17, 15) is 9.18 Å². The van der Waals surface area contributed by atoms with Crippen molar-refractivity contribution in [2.75, 3.05) is 5.32 Å². The summed E-state index contributed by atoms with van der Waals surface area (Å²) in [7, 11) is 0. The molecule has 4 saturated carbocycles. The first-order valence-electron chi connectivity index (χ1n) is 10.2. The standard InChI is InChI=1S/C22H25ClFN3O/c23-20-6-18(24)2-1-17(20)12-27-13-19(11-25-27)26-21(28)10-22-7-14-3-15(8-22)5-16(4-14)9-22/h1-2,6,11,13-16H,3-5,7-10,12H2,(H,26,28). The van der Waals surface area contributed by atoms with Gasteiger partial charge in [-0.3, -0.25) is 9.48 Å². The number of amides is 1. The van der Waals surface area contributed by atoms with Gasteiger partial charge in [-0.25, -0.2) is 4.39 Å². The van der Waals surface area contributed by atoms with Crippen LogP contribution in [-0.4, -0.2) is 15.7 Å². The predicted molar refractivity (Wildman–Crippen MR) is 107 cm³/mol. The van der Waals surface area contributed by atoms with E-state index < -0.39 is 0 Å². The van der Waals surface area contributed by atoms with Crippen LogP contribution in [0, 0.1) is 29.0 Å². The summed E-state index contributed by atoms with van der Waals surface area (Å²) in [6.45, 7) is 0.434. The number of carbonyl (C=O) groups excluding carboxylic acids is 1. The van der Waals surface area contributed by atoms with E-state index in [0.717, 1.165) is 23.3 Å². The molecule has 1 aromatic heterocycles. The molecular formula is C22H25ClFN3O. The lowest BCUT2D eigenvalue weighted by atomic mass is 9.49. The molecule has 148 valence electrons. The predicted octanol–water partition coefficient (Wildman–Crippen LogP) is 5.27. The first-order valence-corrected chi connectivity index (χ1v) is 10.6. The number of benzene rings is 1. The highest BCUT2D eigenvalue weighted by Gasteiger charge is 2.51. The molecule has 28 heavy (non-hydrogen) atoms. The third-order valence-corrected chi connectivity index (χ3v) is 7.32. The Kier molecular flexibility index (Phi) is 4.46. The van der Waals surface area contributed by atoms with Crippen molar-refractivity contribution in [3.05, 3.63) is 47.0 Å². The quantitative estimate of drug-likeness (QED) is 0.741. The minimum absolute atomic E-state index is 0.0984. The molecule has 4 nitrogen and oxygen atoms in total. The molecule has 0 aliphatic heterocycles. The van der Waals surface area contributed by atoms with Crippen LogP contribution in [-0.2, 0) is 11.3 Å². The van der Waals surface area contributed by atoms with Crippen molar-refractivity contribution < 1.29 is 9.18 Å². The summed E-state index contributed by atoms with van der Waals surface area (Å²) < 4.78 is 14.9. The van der Waals surface area contributed by atoms with Crippen molar-refractivity contribution in [1.82, 2.24) is 9.78 Å². The molecular weight excluding hydrogens is 377 g/mol. The van der Waals surface area contributed by atoms with Crippen LogP contribution in [0.15, 0.2) is 30.6 Å². The third kappa shape index (κ3) is 3.57.